The van der Waals surface area contributed by atoms with Gasteiger partial charge in [0.1, 0.15) is 0 Å². The molecule has 0 aliphatic heterocycles. The standard InChI is InChI=1S/C15H12Cl2N2OS2/c16-12-4-1-5-13(17)11(12)9-18-15(21)19-14(20)7-6-10-3-2-8-22-10/h1-8H,9H2,(H2,18,19,20,21)/b7-6+. The van der Waals surface area contributed by atoms with Crippen molar-refractivity contribution in [2.75, 3.05) is 0 Å². The summed E-state index contributed by atoms with van der Waals surface area (Å²) in [5, 5.41) is 8.73. The van der Waals surface area contributed by atoms with E-state index in [2.05, 4.69) is 10.6 Å². The molecule has 0 aliphatic rings. The van der Waals surface area contributed by atoms with Gasteiger partial charge in [0.15, 0.2) is 5.11 Å². The SMILES string of the molecule is O=C(/C=C/c1cccs1)NC(=S)NCc1c(Cl)cccc1Cl. The van der Waals surface area contributed by atoms with Gasteiger partial charge < -0.3 is 5.32 Å². The minimum absolute atomic E-state index is 0.219. The summed E-state index contributed by atoms with van der Waals surface area (Å²) in [6, 6.07) is 9.10. The molecular weight excluding hydrogens is 359 g/mol. The predicted octanol–water partition coefficient (Wildman–Crippen LogP) is 4.26. The van der Waals surface area contributed by atoms with Gasteiger partial charge in [0.05, 0.1) is 0 Å². The van der Waals surface area contributed by atoms with Crippen molar-refractivity contribution in [2.24, 2.45) is 0 Å². The fraction of sp³-hybridized carbons (Fsp3) is 0.0667. The number of amides is 1. The molecule has 22 heavy (non-hydrogen) atoms. The van der Waals surface area contributed by atoms with Crippen LogP contribution in [0.4, 0.5) is 0 Å². The lowest BCUT2D eigenvalue weighted by atomic mass is 10.2. The first-order valence-corrected chi connectivity index (χ1v) is 8.34. The fourth-order valence-corrected chi connectivity index (χ4v) is 2.93. The van der Waals surface area contributed by atoms with Gasteiger partial charge in [0.25, 0.3) is 0 Å². The predicted molar refractivity (Wildman–Crippen MR) is 97.4 cm³/mol. The zero-order valence-corrected chi connectivity index (χ0v) is 14.5. The zero-order valence-electron chi connectivity index (χ0n) is 11.3. The molecule has 7 heteroatoms. The number of carbonyl (C=O) groups is 1. The molecule has 0 unspecified atom stereocenters. The van der Waals surface area contributed by atoms with Crippen molar-refractivity contribution in [3.8, 4) is 0 Å². The van der Waals surface area contributed by atoms with Crippen LogP contribution in [0, 0.1) is 0 Å². The van der Waals surface area contributed by atoms with Gasteiger partial charge in [0, 0.05) is 33.1 Å². The van der Waals surface area contributed by atoms with Crippen LogP contribution in [0.2, 0.25) is 10.0 Å². The van der Waals surface area contributed by atoms with Crippen molar-refractivity contribution in [1.82, 2.24) is 10.6 Å². The highest BCUT2D eigenvalue weighted by Crippen LogP contribution is 2.23. The normalized spacial score (nSPS) is 10.6. The minimum atomic E-state index is -0.295. The van der Waals surface area contributed by atoms with E-state index in [1.807, 2.05) is 17.5 Å². The second-order valence-corrected chi connectivity index (χ2v) is 6.42. The molecule has 1 heterocycles. The smallest absolute Gasteiger partial charge is 0.250 e. The van der Waals surface area contributed by atoms with Crippen molar-refractivity contribution < 1.29 is 4.79 Å². The van der Waals surface area contributed by atoms with Crippen LogP contribution < -0.4 is 10.6 Å². The first-order chi connectivity index (χ1) is 10.6. The molecule has 0 fully saturated rings. The van der Waals surface area contributed by atoms with E-state index in [0.717, 1.165) is 10.4 Å². The van der Waals surface area contributed by atoms with Crippen molar-refractivity contribution in [1.29, 1.82) is 0 Å². The van der Waals surface area contributed by atoms with E-state index < -0.39 is 0 Å². The molecule has 2 aromatic rings. The van der Waals surface area contributed by atoms with Crippen LogP contribution in [-0.2, 0) is 11.3 Å². The van der Waals surface area contributed by atoms with Gasteiger partial charge in [0.2, 0.25) is 5.91 Å². The van der Waals surface area contributed by atoms with E-state index in [4.69, 9.17) is 35.4 Å². The van der Waals surface area contributed by atoms with Crippen molar-refractivity contribution >= 4 is 63.9 Å². The Hall–Kier alpha value is -1.40. The Labute approximate surface area is 147 Å². The van der Waals surface area contributed by atoms with E-state index >= 15 is 0 Å². The molecule has 2 N–H and O–H groups in total. The molecule has 3 nitrogen and oxygen atoms in total. The summed E-state index contributed by atoms with van der Waals surface area (Å²) in [5.41, 5.74) is 0.733. The quantitative estimate of drug-likeness (QED) is 0.623. The molecule has 1 amide bonds. The van der Waals surface area contributed by atoms with Gasteiger partial charge >= 0.3 is 0 Å². The Kier molecular flexibility index (Phi) is 6.39. The third-order valence-corrected chi connectivity index (χ3v) is 4.46. The van der Waals surface area contributed by atoms with Crippen LogP contribution in [0.25, 0.3) is 6.08 Å². The number of rotatable bonds is 4. The molecule has 0 spiro atoms. The summed E-state index contributed by atoms with van der Waals surface area (Å²) in [7, 11) is 0. The molecule has 0 radical (unpaired) electrons. The summed E-state index contributed by atoms with van der Waals surface area (Å²) in [6.45, 7) is 0.340. The Morgan fingerprint density at radius 3 is 2.59 bits per heavy atom. The van der Waals surface area contributed by atoms with Gasteiger partial charge in [-0.2, -0.15) is 0 Å². The molecule has 0 saturated heterocycles. The number of nitrogens with one attached hydrogen (secondary N) is 2. The van der Waals surface area contributed by atoms with Gasteiger partial charge in [-0.15, -0.1) is 11.3 Å². The van der Waals surface area contributed by atoms with Crippen LogP contribution in [-0.4, -0.2) is 11.0 Å². The molecule has 114 valence electrons. The molecular formula is C15H12Cl2N2OS2. The van der Waals surface area contributed by atoms with E-state index in [9.17, 15) is 4.79 Å². The second kappa shape index (κ2) is 8.29. The molecule has 1 aromatic carbocycles. The number of hydrogen-bond donors (Lipinski definition) is 2. The average molecular weight is 371 g/mol. The largest absolute Gasteiger partial charge is 0.358 e. The summed E-state index contributed by atoms with van der Waals surface area (Å²) in [5.74, 6) is -0.295. The number of thiocarbonyl (C=S) groups is 1. The third-order valence-electron chi connectivity index (χ3n) is 2.67. The average Bonchev–Trinajstić information content (AvgIpc) is 2.98. The molecule has 2 rings (SSSR count). The molecule has 1 aromatic heterocycles. The van der Waals surface area contributed by atoms with Crippen LogP contribution in [0.3, 0.4) is 0 Å². The lowest BCUT2D eigenvalue weighted by Crippen LogP contribution is -2.38. The monoisotopic (exact) mass is 370 g/mol. The van der Waals surface area contributed by atoms with E-state index in [1.165, 1.54) is 6.08 Å². The van der Waals surface area contributed by atoms with E-state index in [-0.39, 0.29) is 11.0 Å². The number of carbonyl (C=O) groups excluding carboxylic acids is 1. The van der Waals surface area contributed by atoms with Crippen LogP contribution in [0.5, 0.6) is 0 Å². The van der Waals surface area contributed by atoms with Crippen molar-refractivity contribution in [2.45, 2.75) is 6.54 Å². The lowest BCUT2D eigenvalue weighted by Gasteiger charge is -2.10. The van der Waals surface area contributed by atoms with Crippen molar-refractivity contribution in [3.63, 3.8) is 0 Å². The van der Waals surface area contributed by atoms with Crippen molar-refractivity contribution in [3.05, 3.63) is 62.3 Å². The van der Waals surface area contributed by atoms with Crippen LogP contribution >= 0.6 is 46.8 Å². The Morgan fingerprint density at radius 2 is 1.95 bits per heavy atom. The summed E-state index contributed by atoms with van der Waals surface area (Å²) in [6.07, 6.45) is 3.16. The maximum Gasteiger partial charge on any atom is 0.250 e. The minimum Gasteiger partial charge on any atom is -0.358 e. The van der Waals surface area contributed by atoms with Gasteiger partial charge in [-0.05, 0) is 41.9 Å². The number of halogens is 2. The number of thiophene rings is 1. The molecule has 0 aliphatic carbocycles. The molecule has 0 bridgehead atoms. The highest BCUT2D eigenvalue weighted by molar-refractivity contribution is 7.80. The fourth-order valence-electron chi connectivity index (χ4n) is 1.61. The first kappa shape index (κ1) is 17.0. The number of hydrogen-bond acceptors (Lipinski definition) is 3. The second-order valence-electron chi connectivity index (χ2n) is 4.22. The Balaban J connectivity index is 1.84. The molecule has 0 saturated carbocycles. The highest BCUT2D eigenvalue weighted by atomic mass is 35.5. The summed E-state index contributed by atoms with van der Waals surface area (Å²) < 4.78 is 0. The van der Waals surface area contributed by atoms with Crippen LogP contribution in [0.1, 0.15) is 10.4 Å². The van der Waals surface area contributed by atoms with Gasteiger partial charge in [-0.25, -0.2) is 0 Å². The van der Waals surface area contributed by atoms with Gasteiger partial charge in [-0.1, -0.05) is 35.3 Å². The highest BCUT2D eigenvalue weighted by Gasteiger charge is 2.06. The zero-order chi connectivity index (χ0) is 15.9. The Bertz CT molecular complexity index is 679. The van der Waals surface area contributed by atoms with E-state index in [1.54, 1.807) is 35.6 Å². The maximum absolute atomic E-state index is 11.7. The van der Waals surface area contributed by atoms with E-state index in [0.29, 0.717) is 16.6 Å². The molecule has 0 atom stereocenters. The van der Waals surface area contributed by atoms with Crippen LogP contribution in [0.15, 0.2) is 41.8 Å². The lowest BCUT2D eigenvalue weighted by molar-refractivity contribution is -0.115. The third kappa shape index (κ3) is 5.10. The summed E-state index contributed by atoms with van der Waals surface area (Å²) in [4.78, 5) is 12.7. The Morgan fingerprint density at radius 1 is 1.23 bits per heavy atom. The van der Waals surface area contributed by atoms with Gasteiger partial charge in [-0.3, -0.25) is 10.1 Å². The number of benzene rings is 1. The first-order valence-electron chi connectivity index (χ1n) is 6.29. The topological polar surface area (TPSA) is 41.1 Å². The summed E-state index contributed by atoms with van der Waals surface area (Å²) >= 11 is 18.7. The maximum atomic E-state index is 11.7.